The van der Waals surface area contributed by atoms with Crippen molar-refractivity contribution in [3.05, 3.63) is 29.8 Å². The molecule has 0 amide bonds. The highest BCUT2D eigenvalue weighted by Crippen LogP contribution is 2.23. The molecule has 98 valence electrons. The molecule has 1 fully saturated rings. The van der Waals surface area contributed by atoms with E-state index >= 15 is 0 Å². The fourth-order valence-corrected chi connectivity index (χ4v) is 2.41. The van der Waals surface area contributed by atoms with Crippen LogP contribution in [0.25, 0.3) is 0 Å². The zero-order valence-corrected chi connectivity index (χ0v) is 11.7. The molecule has 2 rings (SSSR count). The standard InChI is InChI=1S/C15H22N2O/c1-11-9-16-15(3,4)10-17(11)14-7-5-13(6-8-14)12(2)18/h5-8,11,16H,9-10H2,1-4H3. The van der Waals surface area contributed by atoms with Crippen LogP contribution in [0.1, 0.15) is 38.1 Å². The van der Waals surface area contributed by atoms with Crippen LogP contribution in [-0.2, 0) is 0 Å². The number of nitrogens with zero attached hydrogens (tertiary/aromatic N) is 1. The van der Waals surface area contributed by atoms with Gasteiger partial charge in [0, 0.05) is 35.9 Å². The summed E-state index contributed by atoms with van der Waals surface area (Å²) in [6, 6.07) is 8.41. The molecule has 0 bridgehead atoms. The van der Waals surface area contributed by atoms with E-state index in [4.69, 9.17) is 0 Å². The van der Waals surface area contributed by atoms with E-state index in [1.807, 2.05) is 12.1 Å². The van der Waals surface area contributed by atoms with E-state index in [0.29, 0.717) is 6.04 Å². The molecule has 0 aliphatic carbocycles. The summed E-state index contributed by atoms with van der Waals surface area (Å²) in [5, 5.41) is 3.54. The molecular formula is C15H22N2O. The van der Waals surface area contributed by atoms with Crippen LogP contribution < -0.4 is 10.2 Å². The molecule has 0 spiro atoms. The van der Waals surface area contributed by atoms with Gasteiger partial charge in [-0.25, -0.2) is 0 Å². The van der Waals surface area contributed by atoms with Gasteiger partial charge in [-0.05, 0) is 52.0 Å². The van der Waals surface area contributed by atoms with E-state index in [1.165, 1.54) is 5.69 Å². The molecule has 0 saturated carbocycles. The van der Waals surface area contributed by atoms with Crippen molar-refractivity contribution in [3.8, 4) is 0 Å². The van der Waals surface area contributed by atoms with Crippen molar-refractivity contribution in [2.45, 2.75) is 39.3 Å². The van der Waals surface area contributed by atoms with Crippen LogP contribution in [0.15, 0.2) is 24.3 Å². The lowest BCUT2D eigenvalue weighted by Gasteiger charge is -2.44. The highest BCUT2D eigenvalue weighted by atomic mass is 16.1. The van der Waals surface area contributed by atoms with E-state index in [1.54, 1.807) is 6.92 Å². The number of hydrogen-bond donors (Lipinski definition) is 1. The minimum absolute atomic E-state index is 0.121. The Bertz CT molecular complexity index is 436. The minimum Gasteiger partial charge on any atom is -0.366 e. The third-order valence-corrected chi connectivity index (χ3v) is 3.58. The van der Waals surface area contributed by atoms with Gasteiger partial charge in [-0.2, -0.15) is 0 Å². The fraction of sp³-hybridized carbons (Fsp3) is 0.533. The number of hydrogen-bond acceptors (Lipinski definition) is 3. The van der Waals surface area contributed by atoms with E-state index in [-0.39, 0.29) is 11.3 Å². The van der Waals surface area contributed by atoms with Crippen molar-refractivity contribution in [2.75, 3.05) is 18.0 Å². The maximum absolute atomic E-state index is 11.3. The number of carbonyl (C=O) groups excluding carboxylic acids is 1. The van der Waals surface area contributed by atoms with Crippen LogP contribution in [0.3, 0.4) is 0 Å². The van der Waals surface area contributed by atoms with Crippen LogP contribution in [0.5, 0.6) is 0 Å². The largest absolute Gasteiger partial charge is 0.366 e. The van der Waals surface area contributed by atoms with Crippen LogP contribution in [0.4, 0.5) is 5.69 Å². The second-order valence-electron chi connectivity index (χ2n) is 5.84. The molecule has 1 aliphatic rings. The average molecular weight is 246 g/mol. The lowest BCUT2D eigenvalue weighted by Crippen LogP contribution is -2.61. The Morgan fingerprint density at radius 3 is 2.50 bits per heavy atom. The second-order valence-corrected chi connectivity index (χ2v) is 5.84. The average Bonchev–Trinajstić information content (AvgIpc) is 2.32. The summed E-state index contributed by atoms with van der Waals surface area (Å²) in [5.41, 5.74) is 2.11. The number of rotatable bonds is 2. The van der Waals surface area contributed by atoms with E-state index in [0.717, 1.165) is 18.7 Å². The molecule has 0 aromatic heterocycles. The molecule has 1 heterocycles. The molecule has 1 aromatic carbocycles. The Hall–Kier alpha value is -1.35. The lowest BCUT2D eigenvalue weighted by molar-refractivity contribution is 0.101. The molecule has 1 unspecified atom stereocenters. The van der Waals surface area contributed by atoms with Crippen molar-refractivity contribution in [3.63, 3.8) is 0 Å². The Morgan fingerprint density at radius 1 is 1.33 bits per heavy atom. The first-order valence-corrected chi connectivity index (χ1v) is 6.52. The lowest BCUT2D eigenvalue weighted by atomic mass is 9.98. The van der Waals surface area contributed by atoms with Gasteiger partial charge < -0.3 is 10.2 Å². The van der Waals surface area contributed by atoms with Gasteiger partial charge in [0.1, 0.15) is 0 Å². The maximum Gasteiger partial charge on any atom is 0.159 e. The Labute approximate surface area is 109 Å². The third-order valence-electron chi connectivity index (χ3n) is 3.58. The molecule has 3 nitrogen and oxygen atoms in total. The monoisotopic (exact) mass is 246 g/mol. The molecular weight excluding hydrogens is 224 g/mol. The fourth-order valence-electron chi connectivity index (χ4n) is 2.41. The first kappa shape index (κ1) is 13.1. The predicted molar refractivity (Wildman–Crippen MR) is 75.3 cm³/mol. The van der Waals surface area contributed by atoms with Crippen LogP contribution in [0, 0.1) is 0 Å². The van der Waals surface area contributed by atoms with E-state index in [2.05, 4.69) is 43.1 Å². The highest BCUT2D eigenvalue weighted by molar-refractivity contribution is 5.94. The van der Waals surface area contributed by atoms with Crippen LogP contribution in [0.2, 0.25) is 0 Å². The second kappa shape index (κ2) is 4.73. The third kappa shape index (κ3) is 2.72. The number of benzene rings is 1. The van der Waals surface area contributed by atoms with Crippen molar-refractivity contribution in [1.29, 1.82) is 0 Å². The smallest absolute Gasteiger partial charge is 0.159 e. The quantitative estimate of drug-likeness (QED) is 0.814. The number of carbonyl (C=O) groups is 1. The Morgan fingerprint density at radius 2 is 1.94 bits per heavy atom. The molecule has 1 atom stereocenters. The summed E-state index contributed by atoms with van der Waals surface area (Å²) in [7, 11) is 0. The molecule has 1 aliphatic heterocycles. The van der Waals surface area contributed by atoms with E-state index in [9.17, 15) is 4.79 Å². The minimum atomic E-state index is 0.121. The molecule has 3 heteroatoms. The van der Waals surface area contributed by atoms with Crippen LogP contribution >= 0.6 is 0 Å². The van der Waals surface area contributed by atoms with Crippen LogP contribution in [-0.4, -0.2) is 30.5 Å². The number of anilines is 1. The zero-order chi connectivity index (χ0) is 13.3. The highest BCUT2D eigenvalue weighted by Gasteiger charge is 2.30. The van der Waals surface area contributed by atoms with Gasteiger partial charge in [0.25, 0.3) is 0 Å². The first-order valence-electron chi connectivity index (χ1n) is 6.52. The van der Waals surface area contributed by atoms with Gasteiger partial charge in [0.2, 0.25) is 0 Å². The SMILES string of the molecule is CC(=O)c1ccc(N2CC(C)(C)NCC2C)cc1. The summed E-state index contributed by atoms with van der Waals surface area (Å²) in [6.07, 6.45) is 0. The summed E-state index contributed by atoms with van der Waals surface area (Å²) in [6.45, 7) is 10.2. The molecule has 0 radical (unpaired) electrons. The van der Waals surface area contributed by atoms with Crippen molar-refractivity contribution in [1.82, 2.24) is 5.32 Å². The van der Waals surface area contributed by atoms with Gasteiger partial charge in [0.15, 0.2) is 5.78 Å². The summed E-state index contributed by atoms with van der Waals surface area (Å²) in [5.74, 6) is 0.121. The number of ketones is 1. The zero-order valence-electron chi connectivity index (χ0n) is 11.7. The number of nitrogens with one attached hydrogen (secondary N) is 1. The Balaban J connectivity index is 2.21. The summed E-state index contributed by atoms with van der Waals surface area (Å²) < 4.78 is 0. The van der Waals surface area contributed by atoms with Gasteiger partial charge in [0.05, 0.1) is 0 Å². The predicted octanol–water partition coefficient (Wildman–Crippen LogP) is 2.47. The van der Waals surface area contributed by atoms with Gasteiger partial charge in [-0.1, -0.05) is 0 Å². The number of Topliss-reactive ketones (excluding diaryl/α,β-unsaturated/α-hetero) is 1. The first-order chi connectivity index (χ1) is 8.39. The summed E-state index contributed by atoms with van der Waals surface area (Å²) >= 11 is 0. The normalized spacial score (nSPS) is 22.9. The number of piperazine rings is 1. The van der Waals surface area contributed by atoms with Crippen molar-refractivity contribution in [2.24, 2.45) is 0 Å². The van der Waals surface area contributed by atoms with Crippen molar-refractivity contribution >= 4 is 11.5 Å². The van der Waals surface area contributed by atoms with Crippen molar-refractivity contribution < 1.29 is 4.79 Å². The molecule has 18 heavy (non-hydrogen) atoms. The van der Waals surface area contributed by atoms with E-state index < -0.39 is 0 Å². The topological polar surface area (TPSA) is 32.3 Å². The Kier molecular flexibility index (Phi) is 3.44. The van der Waals surface area contributed by atoms with Gasteiger partial charge in [-0.15, -0.1) is 0 Å². The molecule has 1 saturated heterocycles. The van der Waals surface area contributed by atoms with Gasteiger partial charge in [-0.3, -0.25) is 4.79 Å². The molecule has 1 N–H and O–H groups in total. The van der Waals surface area contributed by atoms with Gasteiger partial charge >= 0.3 is 0 Å². The summed E-state index contributed by atoms with van der Waals surface area (Å²) in [4.78, 5) is 13.7. The molecule has 1 aromatic rings. The maximum atomic E-state index is 11.3.